The van der Waals surface area contributed by atoms with Gasteiger partial charge in [0, 0.05) is 35.8 Å². The van der Waals surface area contributed by atoms with Crippen molar-refractivity contribution in [2.24, 2.45) is 0 Å². The minimum absolute atomic E-state index is 0.208. The molecule has 1 fully saturated rings. The van der Waals surface area contributed by atoms with E-state index in [0.29, 0.717) is 45.2 Å². The van der Waals surface area contributed by atoms with Crippen molar-refractivity contribution >= 4 is 34.3 Å². The van der Waals surface area contributed by atoms with E-state index in [0.717, 1.165) is 24.9 Å². The standard InChI is InChI=1S/C21H25ClN6O2/c1-28-6-4-5-13(28)11-24-20-19-12(10-25-21(23)27-19)7-16(26-20)15-8-14(29-2)9-17(30-3)18(15)22/h7-10,13H,4-6,11H2,1-3H3,(H,24,26)(H2,23,25,27). The Labute approximate surface area is 180 Å². The lowest BCUT2D eigenvalue weighted by Gasteiger charge is -2.21. The minimum Gasteiger partial charge on any atom is -0.497 e. The van der Waals surface area contributed by atoms with Gasteiger partial charge in [0.1, 0.15) is 17.0 Å². The van der Waals surface area contributed by atoms with Crippen LogP contribution in [0.2, 0.25) is 5.02 Å². The highest BCUT2D eigenvalue weighted by atomic mass is 35.5. The van der Waals surface area contributed by atoms with Gasteiger partial charge in [-0.15, -0.1) is 0 Å². The smallest absolute Gasteiger partial charge is 0.220 e. The monoisotopic (exact) mass is 428 g/mol. The van der Waals surface area contributed by atoms with Crippen LogP contribution in [-0.4, -0.2) is 60.3 Å². The number of hydrogen-bond acceptors (Lipinski definition) is 8. The topological polar surface area (TPSA) is 98.4 Å². The molecular weight excluding hydrogens is 404 g/mol. The highest BCUT2D eigenvalue weighted by Gasteiger charge is 2.22. The molecule has 1 atom stereocenters. The molecule has 1 aliphatic heterocycles. The molecule has 0 aliphatic carbocycles. The molecule has 1 saturated heterocycles. The van der Waals surface area contributed by atoms with Crippen LogP contribution in [0.1, 0.15) is 12.8 Å². The molecule has 3 aromatic rings. The SMILES string of the molecule is COc1cc(OC)c(Cl)c(-c2cc3cnc(N)nc3c(NCC3CCCN3C)n2)c1. The van der Waals surface area contributed by atoms with Crippen LogP contribution >= 0.6 is 11.6 Å². The summed E-state index contributed by atoms with van der Waals surface area (Å²) in [7, 11) is 5.31. The number of pyridine rings is 1. The molecular formula is C21H25ClN6O2. The molecule has 0 radical (unpaired) electrons. The van der Waals surface area contributed by atoms with Crippen LogP contribution in [0.25, 0.3) is 22.2 Å². The summed E-state index contributed by atoms with van der Waals surface area (Å²) in [6.45, 7) is 1.87. The van der Waals surface area contributed by atoms with Crippen LogP contribution in [0, 0.1) is 0 Å². The van der Waals surface area contributed by atoms with Crippen molar-refractivity contribution in [3.8, 4) is 22.8 Å². The number of benzene rings is 1. The van der Waals surface area contributed by atoms with Crippen LogP contribution in [-0.2, 0) is 0 Å². The highest BCUT2D eigenvalue weighted by Crippen LogP contribution is 2.39. The van der Waals surface area contributed by atoms with Crippen molar-refractivity contribution in [3.63, 3.8) is 0 Å². The number of halogens is 1. The Balaban J connectivity index is 1.81. The number of likely N-dealkylation sites (tertiary alicyclic amines) is 1. The Kier molecular flexibility index (Phi) is 5.78. The van der Waals surface area contributed by atoms with Gasteiger partial charge in [-0.1, -0.05) is 11.6 Å². The van der Waals surface area contributed by atoms with E-state index in [2.05, 4.69) is 27.2 Å². The first-order chi connectivity index (χ1) is 14.5. The van der Waals surface area contributed by atoms with E-state index in [1.54, 1.807) is 26.5 Å². The van der Waals surface area contributed by atoms with Gasteiger partial charge in [0.05, 0.1) is 24.9 Å². The van der Waals surface area contributed by atoms with Gasteiger partial charge >= 0.3 is 0 Å². The fourth-order valence-corrected chi connectivity index (χ4v) is 4.07. The Morgan fingerprint density at radius 3 is 2.77 bits per heavy atom. The van der Waals surface area contributed by atoms with Crippen molar-refractivity contribution in [1.82, 2.24) is 19.9 Å². The number of aromatic nitrogens is 3. The summed E-state index contributed by atoms with van der Waals surface area (Å²) >= 11 is 6.60. The lowest BCUT2D eigenvalue weighted by Crippen LogP contribution is -2.31. The lowest BCUT2D eigenvalue weighted by atomic mass is 10.1. The van der Waals surface area contributed by atoms with Crippen LogP contribution < -0.4 is 20.5 Å². The summed E-state index contributed by atoms with van der Waals surface area (Å²) in [6, 6.07) is 5.92. The van der Waals surface area contributed by atoms with Gasteiger partial charge < -0.3 is 25.4 Å². The van der Waals surface area contributed by atoms with Crippen molar-refractivity contribution in [1.29, 1.82) is 0 Å². The van der Waals surface area contributed by atoms with E-state index in [1.165, 1.54) is 6.42 Å². The second-order valence-electron chi connectivity index (χ2n) is 7.37. The number of nitrogens with zero attached hydrogens (tertiary/aromatic N) is 4. The number of nitrogen functional groups attached to an aromatic ring is 1. The van der Waals surface area contributed by atoms with E-state index in [-0.39, 0.29) is 5.95 Å². The van der Waals surface area contributed by atoms with Crippen LogP contribution in [0.5, 0.6) is 11.5 Å². The van der Waals surface area contributed by atoms with Gasteiger partial charge in [-0.2, -0.15) is 0 Å². The third kappa shape index (κ3) is 3.93. The van der Waals surface area contributed by atoms with E-state index < -0.39 is 0 Å². The molecule has 3 N–H and O–H groups in total. The fourth-order valence-electron chi connectivity index (χ4n) is 3.79. The number of anilines is 2. The molecule has 158 valence electrons. The summed E-state index contributed by atoms with van der Waals surface area (Å²) in [5.41, 5.74) is 7.89. The quantitative estimate of drug-likeness (QED) is 0.616. The molecule has 2 aromatic heterocycles. The van der Waals surface area contributed by atoms with Gasteiger partial charge in [0.15, 0.2) is 5.82 Å². The van der Waals surface area contributed by atoms with Gasteiger partial charge in [-0.3, -0.25) is 0 Å². The largest absolute Gasteiger partial charge is 0.497 e. The summed E-state index contributed by atoms with van der Waals surface area (Å²) in [6.07, 6.45) is 4.05. The van der Waals surface area contributed by atoms with E-state index in [1.807, 2.05) is 12.1 Å². The second-order valence-corrected chi connectivity index (χ2v) is 7.75. The zero-order valence-electron chi connectivity index (χ0n) is 17.3. The van der Waals surface area contributed by atoms with Crippen LogP contribution in [0.15, 0.2) is 24.4 Å². The minimum atomic E-state index is 0.208. The molecule has 8 nitrogen and oxygen atoms in total. The van der Waals surface area contributed by atoms with Crippen molar-refractivity contribution in [2.75, 3.05) is 45.4 Å². The Morgan fingerprint density at radius 2 is 2.07 bits per heavy atom. The van der Waals surface area contributed by atoms with Crippen molar-refractivity contribution in [2.45, 2.75) is 18.9 Å². The molecule has 0 amide bonds. The predicted octanol–water partition coefficient (Wildman–Crippen LogP) is 3.45. The first-order valence-corrected chi connectivity index (χ1v) is 10.2. The third-order valence-corrected chi connectivity index (χ3v) is 5.90. The first kappa shape index (κ1) is 20.4. The number of hydrogen-bond donors (Lipinski definition) is 2. The summed E-state index contributed by atoms with van der Waals surface area (Å²) in [4.78, 5) is 15.7. The summed E-state index contributed by atoms with van der Waals surface area (Å²) in [5.74, 6) is 2.00. The molecule has 9 heteroatoms. The fraction of sp³-hybridized carbons (Fsp3) is 0.381. The number of nitrogens with one attached hydrogen (secondary N) is 1. The molecule has 3 heterocycles. The number of rotatable bonds is 6. The maximum absolute atomic E-state index is 6.60. The third-order valence-electron chi connectivity index (χ3n) is 5.51. The van der Waals surface area contributed by atoms with Crippen molar-refractivity contribution < 1.29 is 9.47 Å². The van der Waals surface area contributed by atoms with E-state index in [4.69, 9.17) is 31.8 Å². The average Bonchev–Trinajstić information content (AvgIpc) is 3.16. The number of methoxy groups -OCH3 is 2. The Morgan fingerprint density at radius 1 is 1.23 bits per heavy atom. The number of ether oxygens (including phenoxy) is 2. The summed E-state index contributed by atoms with van der Waals surface area (Å²) < 4.78 is 10.8. The highest BCUT2D eigenvalue weighted by molar-refractivity contribution is 6.34. The summed E-state index contributed by atoms with van der Waals surface area (Å²) in [5, 5.41) is 4.75. The van der Waals surface area contributed by atoms with Crippen molar-refractivity contribution in [3.05, 3.63) is 29.4 Å². The Hall–Kier alpha value is -2.84. The number of nitrogens with two attached hydrogens (primary N) is 1. The second kappa shape index (κ2) is 8.49. The Bertz CT molecular complexity index is 1080. The number of fused-ring (bicyclic) bond motifs is 1. The molecule has 4 rings (SSSR count). The van der Waals surface area contributed by atoms with Gasteiger partial charge in [0.25, 0.3) is 0 Å². The maximum atomic E-state index is 6.60. The van der Waals surface area contributed by atoms with Crippen LogP contribution in [0.4, 0.5) is 11.8 Å². The molecule has 1 unspecified atom stereocenters. The first-order valence-electron chi connectivity index (χ1n) is 9.79. The molecule has 1 aliphatic rings. The van der Waals surface area contributed by atoms with Gasteiger partial charge in [0.2, 0.25) is 5.95 Å². The predicted molar refractivity (Wildman–Crippen MR) is 119 cm³/mol. The zero-order valence-corrected chi connectivity index (χ0v) is 18.0. The van der Waals surface area contributed by atoms with Crippen LogP contribution in [0.3, 0.4) is 0 Å². The molecule has 0 saturated carbocycles. The van der Waals surface area contributed by atoms with Gasteiger partial charge in [-0.05, 0) is 38.6 Å². The molecule has 0 bridgehead atoms. The molecule has 0 spiro atoms. The normalized spacial score (nSPS) is 16.7. The van der Waals surface area contributed by atoms with E-state index in [9.17, 15) is 0 Å². The van der Waals surface area contributed by atoms with Gasteiger partial charge in [-0.25, -0.2) is 15.0 Å². The zero-order chi connectivity index (χ0) is 21.3. The average molecular weight is 429 g/mol. The lowest BCUT2D eigenvalue weighted by molar-refractivity contribution is 0.322. The molecule has 1 aromatic carbocycles. The maximum Gasteiger partial charge on any atom is 0.220 e. The number of likely N-dealkylation sites (N-methyl/N-ethyl adjacent to an activating group) is 1. The van der Waals surface area contributed by atoms with E-state index >= 15 is 0 Å². The molecule has 30 heavy (non-hydrogen) atoms.